The van der Waals surface area contributed by atoms with E-state index < -0.39 is 23.8 Å². The predicted octanol–water partition coefficient (Wildman–Crippen LogP) is 2.42. The molecule has 27 heavy (non-hydrogen) atoms. The Morgan fingerprint density at radius 3 is 2.30 bits per heavy atom. The Balaban J connectivity index is 3.29. The van der Waals surface area contributed by atoms with E-state index in [1.54, 1.807) is 39.0 Å². The lowest BCUT2D eigenvalue weighted by Gasteiger charge is -2.28. The Morgan fingerprint density at radius 2 is 1.81 bits per heavy atom. The zero-order valence-electron chi connectivity index (χ0n) is 17.0. The van der Waals surface area contributed by atoms with Gasteiger partial charge in [-0.05, 0) is 45.4 Å². The average Bonchev–Trinajstić information content (AvgIpc) is 2.59. The summed E-state index contributed by atoms with van der Waals surface area (Å²) < 4.78 is 21.6. The minimum Gasteiger partial charge on any atom is -0.493 e. The molecule has 0 saturated heterocycles. The Morgan fingerprint density at radius 1 is 1.15 bits per heavy atom. The van der Waals surface area contributed by atoms with Gasteiger partial charge < -0.3 is 29.6 Å². The number of carbonyl (C=O) groups excluding carboxylic acids is 2. The van der Waals surface area contributed by atoms with E-state index in [9.17, 15) is 9.59 Å². The summed E-state index contributed by atoms with van der Waals surface area (Å²) in [5, 5.41) is 5.26. The number of carbonyl (C=O) groups is 2. The van der Waals surface area contributed by atoms with Crippen molar-refractivity contribution in [1.29, 1.82) is 0 Å². The van der Waals surface area contributed by atoms with Crippen molar-refractivity contribution in [3.8, 4) is 11.5 Å². The fourth-order valence-corrected chi connectivity index (χ4v) is 2.46. The fourth-order valence-electron chi connectivity index (χ4n) is 2.46. The maximum atomic E-state index is 12.3. The van der Waals surface area contributed by atoms with Crippen molar-refractivity contribution in [1.82, 2.24) is 10.6 Å². The molecule has 0 aliphatic rings. The van der Waals surface area contributed by atoms with Gasteiger partial charge in [0.15, 0.2) is 17.6 Å². The van der Waals surface area contributed by atoms with Crippen LogP contribution in [0.4, 0.5) is 4.79 Å². The molecule has 2 amide bonds. The van der Waals surface area contributed by atoms with Crippen LogP contribution in [-0.4, -0.2) is 51.6 Å². The van der Waals surface area contributed by atoms with Gasteiger partial charge in [0.05, 0.1) is 19.8 Å². The van der Waals surface area contributed by atoms with Crippen LogP contribution in [-0.2, 0) is 14.3 Å². The highest BCUT2D eigenvalue weighted by molar-refractivity contribution is 5.82. The number of ether oxygens (including phenoxy) is 4. The van der Waals surface area contributed by atoms with Crippen LogP contribution < -0.4 is 20.1 Å². The second-order valence-electron chi connectivity index (χ2n) is 6.74. The average molecular weight is 382 g/mol. The van der Waals surface area contributed by atoms with Gasteiger partial charge in [-0.3, -0.25) is 4.79 Å². The second-order valence-corrected chi connectivity index (χ2v) is 6.74. The van der Waals surface area contributed by atoms with Crippen LogP contribution >= 0.6 is 0 Å². The zero-order chi connectivity index (χ0) is 20.6. The molecule has 2 unspecified atom stereocenters. The molecular formula is C19H30N2O6. The number of hydrogen-bond acceptors (Lipinski definition) is 6. The molecule has 0 radical (unpaired) electrons. The third-order valence-electron chi connectivity index (χ3n) is 3.58. The fraction of sp³-hybridized carbons (Fsp3) is 0.579. The Bertz CT molecular complexity index is 642. The van der Waals surface area contributed by atoms with Gasteiger partial charge in [0.2, 0.25) is 0 Å². The van der Waals surface area contributed by atoms with Gasteiger partial charge in [0.1, 0.15) is 5.60 Å². The topological polar surface area (TPSA) is 95.1 Å². The largest absolute Gasteiger partial charge is 0.493 e. The molecule has 0 fully saturated rings. The van der Waals surface area contributed by atoms with Crippen molar-refractivity contribution in [3.05, 3.63) is 23.8 Å². The molecule has 2 atom stereocenters. The van der Waals surface area contributed by atoms with Crippen LogP contribution in [0.5, 0.6) is 11.5 Å². The van der Waals surface area contributed by atoms with E-state index in [2.05, 4.69) is 10.6 Å². The van der Waals surface area contributed by atoms with Crippen LogP contribution in [0.15, 0.2) is 18.2 Å². The van der Waals surface area contributed by atoms with Crippen LogP contribution in [0.25, 0.3) is 0 Å². The molecular weight excluding hydrogens is 352 g/mol. The summed E-state index contributed by atoms with van der Waals surface area (Å²) in [5.41, 5.74) is -0.0683. The number of amides is 2. The third kappa shape index (κ3) is 6.63. The molecule has 2 N–H and O–H groups in total. The van der Waals surface area contributed by atoms with E-state index in [0.29, 0.717) is 23.7 Å². The minimum atomic E-state index is -0.967. The first-order chi connectivity index (χ1) is 12.7. The van der Waals surface area contributed by atoms with Crippen molar-refractivity contribution in [2.45, 2.75) is 45.4 Å². The van der Waals surface area contributed by atoms with Crippen molar-refractivity contribution in [2.75, 3.05) is 27.9 Å². The van der Waals surface area contributed by atoms with E-state index in [-0.39, 0.29) is 5.91 Å². The number of nitrogens with one attached hydrogen (secondary N) is 2. The quantitative estimate of drug-likeness (QED) is 0.717. The van der Waals surface area contributed by atoms with Gasteiger partial charge in [0.25, 0.3) is 5.91 Å². The number of methoxy groups -OCH3 is 2. The highest BCUT2D eigenvalue weighted by Gasteiger charge is 2.32. The maximum absolute atomic E-state index is 12.3. The Hall–Kier alpha value is -2.48. The van der Waals surface area contributed by atoms with E-state index in [0.717, 1.165) is 0 Å². The molecule has 152 valence electrons. The van der Waals surface area contributed by atoms with Crippen molar-refractivity contribution < 1.29 is 28.5 Å². The molecule has 0 aliphatic carbocycles. The summed E-state index contributed by atoms with van der Waals surface area (Å²) in [6.45, 7) is 7.57. The Labute approximate surface area is 160 Å². The third-order valence-corrected chi connectivity index (χ3v) is 3.58. The molecule has 0 aromatic heterocycles. The molecule has 1 aromatic rings. The number of likely N-dealkylation sites (N-methyl/N-ethyl adjacent to an activating group) is 1. The van der Waals surface area contributed by atoms with E-state index in [1.807, 2.05) is 6.92 Å². The minimum absolute atomic E-state index is 0.382. The predicted molar refractivity (Wildman–Crippen MR) is 101 cm³/mol. The summed E-state index contributed by atoms with van der Waals surface area (Å²) >= 11 is 0. The summed E-state index contributed by atoms with van der Waals surface area (Å²) in [5.74, 6) is 0.665. The molecule has 1 aromatic carbocycles. The van der Waals surface area contributed by atoms with Crippen molar-refractivity contribution in [2.24, 2.45) is 0 Å². The van der Waals surface area contributed by atoms with E-state index in [1.165, 1.54) is 21.3 Å². The van der Waals surface area contributed by atoms with Gasteiger partial charge in [-0.25, -0.2) is 4.79 Å². The molecule has 8 nitrogen and oxygen atoms in total. The van der Waals surface area contributed by atoms with Gasteiger partial charge in [-0.2, -0.15) is 0 Å². The van der Waals surface area contributed by atoms with Crippen LogP contribution in [0.1, 0.15) is 39.3 Å². The first kappa shape index (κ1) is 22.6. The first-order valence-electron chi connectivity index (χ1n) is 8.71. The lowest BCUT2D eigenvalue weighted by Crippen LogP contribution is -2.46. The number of benzene rings is 1. The standard InChI is InChI=1S/C19H30N2O6/c1-8-26-14-11-12(9-10-13(14)24-6)15(16(25-7)17(22)20-5)21-18(23)27-19(2,3)4/h9-11,15-16H,8H2,1-7H3,(H,20,22)(H,21,23). The summed E-state index contributed by atoms with van der Waals surface area (Å²) in [6, 6.07) is 4.35. The van der Waals surface area contributed by atoms with E-state index >= 15 is 0 Å². The molecule has 0 saturated carbocycles. The molecule has 1 rings (SSSR count). The Kier molecular flexibility index (Phi) is 8.36. The molecule has 0 spiro atoms. The van der Waals surface area contributed by atoms with Gasteiger partial charge >= 0.3 is 6.09 Å². The zero-order valence-corrected chi connectivity index (χ0v) is 17.0. The number of hydrogen-bond donors (Lipinski definition) is 2. The normalized spacial score (nSPS) is 13.3. The van der Waals surface area contributed by atoms with E-state index in [4.69, 9.17) is 18.9 Å². The SMILES string of the molecule is CCOc1cc(C(NC(=O)OC(C)(C)C)C(OC)C(=O)NC)ccc1OC. The van der Waals surface area contributed by atoms with Gasteiger partial charge in [-0.1, -0.05) is 6.07 Å². The summed E-state index contributed by atoms with van der Waals surface area (Å²) in [6.07, 6.45) is -1.63. The monoisotopic (exact) mass is 382 g/mol. The second kappa shape index (κ2) is 10.0. The highest BCUT2D eigenvalue weighted by Crippen LogP contribution is 2.32. The van der Waals surface area contributed by atoms with Gasteiger partial charge in [-0.15, -0.1) is 0 Å². The van der Waals surface area contributed by atoms with Crippen molar-refractivity contribution >= 4 is 12.0 Å². The van der Waals surface area contributed by atoms with Gasteiger partial charge in [0, 0.05) is 14.2 Å². The number of alkyl carbamates (subject to hydrolysis) is 1. The highest BCUT2D eigenvalue weighted by atomic mass is 16.6. The lowest BCUT2D eigenvalue weighted by atomic mass is 10.00. The summed E-state index contributed by atoms with van der Waals surface area (Å²) in [4.78, 5) is 24.6. The van der Waals surface area contributed by atoms with Crippen LogP contribution in [0.3, 0.4) is 0 Å². The molecule has 0 bridgehead atoms. The number of rotatable bonds is 8. The molecule has 0 heterocycles. The molecule has 8 heteroatoms. The van der Waals surface area contributed by atoms with Crippen LogP contribution in [0.2, 0.25) is 0 Å². The molecule has 0 aliphatic heterocycles. The first-order valence-corrected chi connectivity index (χ1v) is 8.71. The maximum Gasteiger partial charge on any atom is 0.408 e. The summed E-state index contributed by atoms with van der Waals surface area (Å²) in [7, 11) is 4.44. The van der Waals surface area contributed by atoms with Crippen LogP contribution in [0, 0.1) is 0 Å². The van der Waals surface area contributed by atoms with Crippen molar-refractivity contribution in [3.63, 3.8) is 0 Å². The lowest BCUT2D eigenvalue weighted by molar-refractivity contribution is -0.132. The smallest absolute Gasteiger partial charge is 0.408 e.